The Morgan fingerprint density at radius 3 is 2.38 bits per heavy atom. The Hall–Kier alpha value is -1.74. The summed E-state index contributed by atoms with van der Waals surface area (Å²) in [4.78, 5) is 0. The van der Waals surface area contributed by atoms with Gasteiger partial charge in [0.1, 0.15) is 17.3 Å². The third-order valence-electron chi connectivity index (χ3n) is 3.48. The molecule has 0 aliphatic heterocycles. The van der Waals surface area contributed by atoms with Crippen LogP contribution in [0.15, 0.2) is 34.7 Å². The highest BCUT2D eigenvalue weighted by atomic mass is 16.5. The first-order valence-electron chi connectivity index (χ1n) is 7.68. The number of nitrogens with one attached hydrogen (secondary N) is 1. The number of hydrogen-bond acceptors (Lipinski definition) is 3. The quantitative estimate of drug-likeness (QED) is 0.820. The van der Waals surface area contributed by atoms with Crippen LogP contribution in [0, 0.1) is 13.8 Å². The molecule has 2 rings (SSSR count). The number of furan rings is 1. The average Bonchev–Trinajstić information content (AvgIpc) is 2.82. The lowest BCUT2D eigenvalue weighted by Crippen LogP contribution is -2.22. The molecule has 1 N–H and O–H groups in total. The van der Waals surface area contributed by atoms with Crippen LogP contribution >= 0.6 is 0 Å². The van der Waals surface area contributed by atoms with Crippen LogP contribution < -0.4 is 10.1 Å². The van der Waals surface area contributed by atoms with E-state index in [1.165, 1.54) is 11.1 Å². The minimum atomic E-state index is 0.160. The first-order chi connectivity index (χ1) is 10.2. The maximum atomic E-state index is 5.68. The highest BCUT2D eigenvalue weighted by molar-refractivity contribution is 5.37. The normalized spacial score (nSPS) is 12.4. The van der Waals surface area contributed by atoms with E-state index in [0.717, 1.165) is 36.8 Å². The van der Waals surface area contributed by atoms with Crippen LogP contribution in [0.3, 0.4) is 0 Å². The van der Waals surface area contributed by atoms with E-state index in [-0.39, 0.29) is 6.04 Å². The molecular formula is C18H25NO2. The minimum Gasteiger partial charge on any atom is -0.494 e. The van der Waals surface area contributed by atoms with Gasteiger partial charge in [-0.15, -0.1) is 0 Å². The highest BCUT2D eigenvalue weighted by Crippen LogP contribution is 2.28. The Morgan fingerprint density at radius 2 is 1.86 bits per heavy atom. The van der Waals surface area contributed by atoms with Crippen LogP contribution in [0.5, 0.6) is 5.75 Å². The van der Waals surface area contributed by atoms with Gasteiger partial charge in [0.05, 0.1) is 12.6 Å². The third kappa shape index (κ3) is 3.88. The summed E-state index contributed by atoms with van der Waals surface area (Å²) >= 11 is 0. The molecule has 1 atom stereocenters. The summed E-state index contributed by atoms with van der Waals surface area (Å²) < 4.78 is 11.3. The lowest BCUT2D eigenvalue weighted by molar-refractivity contribution is 0.317. The van der Waals surface area contributed by atoms with Crippen LogP contribution in [0.1, 0.15) is 49.0 Å². The number of benzene rings is 1. The molecule has 114 valence electrons. The Morgan fingerprint density at radius 1 is 1.14 bits per heavy atom. The fourth-order valence-corrected chi connectivity index (χ4v) is 2.52. The Labute approximate surface area is 127 Å². The molecule has 0 radical (unpaired) electrons. The molecule has 0 aliphatic carbocycles. The Balaban J connectivity index is 2.24. The van der Waals surface area contributed by atoms with Crippen molar-refractivity contribution in [3.8, 4) is 5.75 Å². The lowest BCUT2D eigenvalue weighted by atomic mass is 9.99. The molecular weight excluding hydrogens is 262 g/mol. The zero-order chi connectivity index (χ0) is 15.2. The largest absolute Gasteiger partial charge is 0.494 e. The second-order valence-electron chi connectivity index (χ2n) is 5.28. The van der Waals surface area contributed by atoms with Crippen LogP contribution in [0.2, 0.25) is 0 Å². The van der Waals surface area contributed by atoms with Crippen molar-refractivity contribution in [2.45, 2.75) is 40.2 Å². The summed E-state index contributed by atoms with van der Waals surface area (Å²) in [6.07, 6.45) is 1.02. The predicted octanol–water partition coefficient (Wildman–Crippen LogP) is 4.38. The number of hydrogen-bond donors (Lipinski definition) is 1. The highest BCUT2D eigenvalue weighted by Gasteiger charge is 2.18. The fourth-order valence-electron chi connectivity index (χ4n) is 2.52. The smallest absolute Gasteiger partial charge is 0.119 e. The zero-order valence-corrected chi connectivity index (χ0v) is 13.4. The maximum Gasteiger partial charge on any atom is 0.119 e. The molecule has 0 saturated carbocycles. The van der Waals surface area contributed by atoms with Crippen LogP contribution in [-0.4, -0.2) is 13.2 Å². The number of aryl methyl sites for hydroxylation is 2. The van der Waals surface area contributed by atoms with E-state index in [9.17, 15) is 0 Å². The lowest BCUT2D eigenvalue weighted by Gasteiger charge is -2.18. The van der Waals surface area contributed by atoms with Crippen LogP contribution in [-0.2, 0) is 0 Å². The van der Waals surface area contributed by atoms with Crippen molar-refractivity contribution >= 4 is 0 Å². The third-order valence-corrected chi connectivity index (χ3v) is 3.48. The average molecular weight is 287 g/mol. The van der Waals surface area contributed by atoms with E-state index in [0.29, 0.717) is 0 Å². The topological polar surface area (TPSA) is 34.4 Å². The van der Waals surface area contributed by atoms with E-state index in [1.54, 1.807) is 0 Å². The predicted molar refractivity (Wildman–Crippen MR) is 85.9 cm³/mol. The second-order valence-corrected chi connectivity index (χ2v) is 5.28. The summed E-state index contributed by atoms with van der Waals surface area (Å²) in [5.41, 5.74) is 2.43. The van der Waals surface area contributed by atoms with Gasteiger partial charge in [-0.1, -0.05) is 26.0 Å². The molecule has 0 fully saturated rings. The van der Waals surface area contributed by atoms with Crippen molar-refractivity contribution in [2.24, 2.45) is 0 Å². The molecule has 3 nitrogen and oxygen atoms in total. The molecule has 0 saturated heterocycles. The summed E-state index contributed by atoms with van der Waals surface area (Å²) in [5, 5.41) is 3.53. The van der Waals surface area contributed by atoms with Gasteiger partial charge in [-0.2, -0.15) is 0 Å². The molecule has 2 aromatic rings. The van der Waals surface area contributed by atoms with Gasteiger partial charge in [0.15, 0.2) is 0 Å². The SMILES string of the molecule is CCCOc1ccc(C(NCC)c2cc(C)oc2C)cc1. The minimum absolute atomic E-state index is 0.160. The monoisotopic (exact) mass is 287 g/mol. The molecule has 21 heavy (non-hydrogen) atoms. The summed E-state index contributed by atoms with van der Waals surface area (Å²) in [6, 6.07) is 10.6. The first-order valence-corrected chi connectivity index (χ1v) is 7.68. The maximum absolute atomic E-state index is 5.68. The molecule has 3 heteroatoms. The van der Waals surface area contributed by atoms with Crippen molar-refractivity contribution in [1.29, 1.82) is 0 Å². The van der Waals surface area contributed by atoms with Crippen molar-refractivity contribution in [3.05, 3.63) is 53.0 Å². The summed E-state index contributed by atoms with van der Waals surface area (Å²) in [6.45, 7) is 9.90. The van der Waals surface area contributed by atoms with Gasteiger partial charge < -0.3 is 14.5 Å². The van der Waals surface area contributed by atoms with Gasteiger partial charge in [0.25, 0.3) is 0 Å². The summed E-state index contributed by atoms with van der Waals surface area (Å²) in [5.74, 6) is 2.86. The van der Waals surface area contributed by atoms with Gasteiger partial charge >= 0.3 is 0 Å². The number of rotatable bonds is 7. The standard InChI is InChI=1S/C18H25NO2/c1-5-11-20-16-9-7-15(8-10-16)18(19-6-2)17-12-13(3)21-14(17)4/h7-10,12,18-19H,5-6,11H2,1-4H3. The second kappa shape index (κ2) is 7.32. The van der Waals surface area contributed by atoms with Crippen molar-refractivity contribution in [3.63, 3.8) is 0 Å². The fraction of sp³-hybridized carbons (Fsp3) is 0.444. The molecule has 1 aromatic carbocycles. The van der Waals surface area contributed by atoms with E-state index in [2.05, 4.69) is 37.4 Å². The van der Waals surface area contributed by atoms with E-state index >= 15 is 0 Å². The molecule has 0 spiro atoms. The zero-order valence-electron chi connectivity index (χ0n) is 13.4. The Kier molecular flexibility index (Phi) is 5.45. The van der Waals surface area contributed by atoms with Crippen LogP contribution in [0.4, 0.5) is 0 Å². The Bertz CT molecular complexity index is 557. The van der Waals surface area contributed by atoms with Crippen molar-refractivity contribution < 1.29 is 9.15 Å². The number of ether oxygens (including phenoxy) is 1. The summed E-state index contributed by atoms with van der Waals surface area (Å²) in [7, 11) is 0. The van der Waals surface area contributed by atoms with E-state index in [1.807, 2.05) is 26.0 Å². The molecule has 0 aliphatic rings. The van der Waals surface area contributed by atoms with E-state index < -0.39 is 0 Å². The van der Waals surface area contributed by atoms with Crippen molar-refractivity contribution in [2.75, 3.05) is 13.2 Å². The first kappa shape index (κ1) is 15.6. The van der Waals surface area contributed by atoms with Gasteiger partial charge in [0, 0.05) is 5.56 Å². The van der Waals surface area contributed by atoms with Gasteiger partial charge in [-0.25, -0.2) is 0 Å². The van der Waals surface area contributed by atoms with Gasteiger partial charge in [-0.05, 0) is 50.6 Å². The molecule has 1 heterocycles. The van der Waals surface area contributed by atoms with Crippen LogP contribution in [0.25, 0.3) is 0 Å². The van der Waals surface area contributed by atoms with Gasteiger partial charge in [-0.3, -0.25) is 0 Å². The van der Waals surface area contributed by atoms with Gasteiger partial charge in [0.2, 0.25) is 0 Å². The molecule has 0 bridgehead atoms. The molecule has 0 amide bonds. The van der Waals surface area contributed by atoms with E-state index in [4.69, 9.17) is 9.15 Å². The molecule has 1 aromatic heterocycles. The molecule has 1 unspecified atom stereocenters. The van der Waals surface area contributed by atoms with Crippen molar-refractivity contribution in [1.82, 2.24) is 5.32 Å².